The summed E-state index contributed by atoms with van der Waals surface area (Å²) < 4.78 is 14.1. The summed E-state index contributed by atoms with van der Waals surface area (Å²) in [5.74, 6) is 0.376. The summed E-state index contributed by atoms with van der Waals surface area (Å²) in [6.07, 6.45) is 0.413. The first-order chi connectivity index (χ1) is 9.03. The summed E-state index contributed by atoms with van der Waals surface area (Å²) in [7, 11) is 2.97. The summed E-state index contributed by atoms with van der Waals surface area (Å²) in [6.45, 7) is 3.47. The number of rotatable bonds is 4. The minimum Gasteiger partial charge on any atom is -0.497 e. The van der Waals surface area contributed by atoms with Gasteiger partial charge in [0.05, 0.1) is 14.2 Å². The second kappa shape index (κ2) is 9.94. The molecule has 0 amide bonds. The van der Waals surface area contributed by atoms with Crippen LogP contribution in [0.25, 0.3) is 0 Å². The van der Waals surface area contributed by atoms with Crippen molar-refractivity contribution in [1.29, 1.82) is 0 Å². The number of benzene rings is 1. The number of methoxy groups -OCH3 is 2. The molecule has 0 aliphatic rings. The van der Waals surface area contributed by atoms with Crippen LogP contribution in [0, 0.1) is 0 Å². The molecule has 0 saturated carbocycles. The molecule has 19 heavy (non-hydrogen) atoms. The van der Waals surface area contributed by atoms with Crippen LogP contribution in [-0.4, -0.2) is 26.2 Å². The fourth-order valence-electron chi connectivity index (χ4n) is 0.988. The molecule has 0 aliphatic heterocycles. The summed E-state index contributed by atoms with van der Waals surface area (Å²) in [5, 5.41) is 0. The Labute approximate surface area is 113 Å². The normalized spacial score (nSPS) is 8.84. The number of hydrogen-bond donors (Lipinski definition) is 0. The SMILES string of the molecule is CCC(=O)OCc1ccc(OC)cc1.COC(C)=O. The number of carbonyl (C=O) groups is 2. The van der Waals surface area contributed by atoms with Crippen LogP contribution in [0.1, 0.15) is 25.8 Å². The van der Waals surface area contributed by atoms with E-state index in [1.807, 2.05) is 24.3 Å². The molecule has 0 saturated heterocycles. The Morgan fingerprint density at radius 3 is 2.00 bits per heavy atom. The molecular weight excluding hydrogens is 248 g/mol. The second-order valence-corrected chi connectivity index (χ2v) is 3.56. The lowest BCUT2D eigenvalue weighted by molar-refractivity contribution is -0.144. The van der Waals surface area contributed by atoms with Gasteiger partial charge in [-0.3, -0.25) is 9.59 Å². The zero-order chi connectivity index (χ0) is 14.7. The summed E-state index contributed by atoms with van der Waals surface area (Å²) in [5.41, 5.74) is 0.965. The van der Waals surface area contributed by atoms with E-state index in [0.717, 1.165) is 11.3 Å². The Balaban J connectivity index is 0.000000555. The van der Waals surface area contributed by atoms with Crippen LogP contribution in [0.15, 0.2) is 24.3 Å². The van der Waals surface area contributed by atoms with Crippen molar-refractivity contribution >= 4 is 11.9 Å². The van der Waals surface area contributed by atoms with Gasteiger partial charge < -0.3 is 14.2 Å². The van der Waals surface area contributed by atoms with Gasteiger partial charge >= 0.3 is 11.9 Å². The van der Waals surface area contributed by atoms with Crippen molar-refractivity contribution in [2.24, 2.45) is 0 Å². The number of ether oxygens (including phenoxy) is 3. The Morgan fingerprint density at radius 2 is 1.63 bits per heavy atom. The van der Waals surface area contributed by atoms with Gasteiger partial charge in [0.25, 0.3) is 0 Å². The summed E-state index contributed by atoms with van der Waals surface area (Å²) >= 11 is 0. The molecule has 0 heterocycles. The maximum absolute atomic E-state index is 10.9. The average Bonchev–Trinajstić information content (AvgIpc) is 2.45. The third kappa shape index (κ3) is 8.65. The molecule has 0 N–H and O–H groups in total. The van der Waals surface area contributed by atoms with E-state index in [-0.39, 0.29) is 11.9 Å². The molecule has 0 bridgehead atoms. The molecule has 0 radical (unpaired) electrons. The molecule has 0 aliphatic carbocycles. The molecule has 5 nitrogen and oxygen atoms in total. The van der Waals surface area contributed by atoms with Crippen LogP contribution in [-0.2, 0) is 25.7 Å². The van der Waals surface area contributed by atoms with Gasteiger partial charge in [-0.2, -0.15) is 0 Å². The maximum Gasteiger partial charge on any atom is 0.305 e. The van der Waals surface area contributed by atoms with Gasteiger partial charge in [0.2, 0.25) is 0 Å². The highest BCUT2D eigenvalue weighted by atomic mass is 16.5. The Hall–Kier alpha value is -2.04. The average molecular weight is 268 g/mol. The predicted molar refractivity (Wildman–Crippen MR) is 70.8 cm³/mol. The first-order valence-electron chi connectivity index (χ1n) is 5.86. The van der Waals surface area contributed by atoms with Gasteiger partial charge in [0.15, 0.2) is 0 Å². The lowest BCUT2D eigenvalue weighted by atomic mass is 10.2. The van der Waals surface area contributed by atoms with Gasteiger partial charge in [-0.05, 0) is 17.7 Å². The molecule has 0 spiro atoms. The minimum absolute atomic E-state index is 0.180. The highest BCUT2D eigenvalue weighted by Gasteiger charge is 1.99. The van der Waals surface area contributed by atoms with Crippen LogP contribution in [0.3, 0.4) is 0 Å². The fraction of sp³-hybridized carbons (Fsp3) is 0.429. The molecule has 1 aromatic rings. The van der Waals surface area contributed by atoms with E-state index < -0.39 is 0 Å². The van der Waals surface area contributed by atoms with Crippen LogP contribution in [0.5, 0.6) is 5.75 Å². The van der Waals surface area contributed by atoms with E-state index in [4.69, 9.17) is 9.47 Å². The Morgan fingerprint density at radius 1 is 1.11 bits per heavy atom. The number of carbonyl (C=O) groups excluding carboxylic acids is 2. The van der Waals surface area contributed by atoms with Crippen molar-refractivity contribution in [2.45, 2.75) is 26.9 Å². The lowest BCUT2D eigenvalue weighted by Crippen LogP contribution is -2.02. The van der Waals surface area contributed by atoms with E-state index in [9.17, 15) is 9.59 Å². The van der Waals surface area contributed by atoms with E-state index in [0.29, 0.717) is 13.0 Å². The van der Waals surface area contributed by atoms with Gasteiger partial charge in [0, 0.05) is 13.3 Å². The van der Waals surface area contributed by atoms with Crippen LogP contribution in [0.2, 0.25) is 0 Å². The molecule has 0 fully saturated rings. The fourth-order valence-corrected chi connectivity index (χ4v) is 0.988. The van der Waals surface area contributed by atoms with Crippen molar-refractivity contribution in [3.63, 3.8) is 0 Å². The smallest absolute Gasteiger partial charge is 0.305 e. The van der Waals surface area contributed by atoms with Crippen LogP contribution < -0.4 is 4.74 Å². The van der Waals surface area contributed by atoms with Crippen molar-refractivity contribution in [2.75, 3.05) is 14.2 Å². The lowest BCUT2D eigenvalue weighted by Gasteiger charge is -2.04. The molecule has 106 valence electrons. The number of hydrogen-bond acceptors (Lipinski definition) is 5. The Bertz CT molecular complexity index is 383. The summed E-state index contributed by atoms with van der Waals surface area (Å²) in [4.78, 5) is 20.5. The molecule has 5 heteroatoms. The standard InChI is InChI=1S/C11H14O3.C3H6O2/c1-3-11(12)14-8-9-4-6-10(13-2)7-5-9;1-3(4)5-2/h4-7H,3,8H2,1-2H3;1-2H3. The van der Waals surface area contributed by atoms with Crippen LogP contribution >= 0.6 is 0 Å². The maximum atomic E-state index is 10.9. The highest BCUT2D eigenvalue weighted by Crippen LogP contribution is 2.11. The molecule has 0 atom stereocenters. The van der Waals surface area contributed by atoms with Gasteiger partial charge in [0.1, 0.15) is 12.4 Å². The topological polar surface area (TPSA) is 61.8 Å². The van der Waals surface area contributed by atoms with Crippen molar-refractivity contribution in [3.05, 3.63) is 29.8 Å². The van der Waals surface area contributed by atoms with E-state index in [2.05, 4.69) is 4.74 Å². The number of esters is 2. The zero-order valence-corrected chi connectivity index (χ0v) is 11.8. The Kier molecular flexibility index (Phi) is 8.87. The minimum atomic E-state index is -0.245. The molecule has 1 rings (SSSR count). The monoisotopic (exact) mass is 268 g/mol. The predicted octanol–water partition coefficient (Wildman–Crippen LogP) is 2.33. The van der Waals surface area contributed by atoms with Gasteiger partial charge in [-0.1, -0.05) is 19.1 Å². The zero-order valence-electron chi connectivity index (χ0n) is 11.8. The van der Waals surface area contributed by atoms with E-state index in [1.54, 1.807) is 14.0 Å². The van der Waals surface area contributed by atoms with Crippen molar-refractivity contribution in [3.8, 4) is 5.75 Å². The third-order valence-electron chi connectivity index (χ3n) is 2.14. The quantitative estimate of drug-likeness (QED) is 0.784. The highest BCUT2D eigenvalue weighted by molar-refractivity contribution is 5.68. The first-order valence-corrected chi connectivity index (χ1v) is 5.86. The van der Waals surface area contributed by atoms with E-state index >= 15 is 0 Å². The molecular formula is C14H20O5. The third-order valence-corrected chi connectivity index (χ3v) is 2.14. The molecule has 0 unspecified atom stereocenters. The van der Waals surface area contributed by atoms with Crippen LogP contribution in [0.4, 0.5) is 0 Å². The molecule has 1 aromatic carbocycles. The first kappa shape index (κ1) is 17.0. The second-order valence-electron chi connectivity index (χ2n) is 3.56. The molecule has 0 aromatic heterocycles. The van der Waals surface area contributed by atoms with Crippen molar-refractivity contribution < 1.29 is 23.8 Å². The van der Waals surface area contributed by atoms with Gasteiger partial charge in [-0.15, -0.1) is 0 Å². The van der Waals surface area contributed by atoms with Crippen molar-refractivity contribution in [1.82, 2.24) is 0 Å². The van der Waals surface area contributed by atoms with E-state index in [1.165, 1.54) is 14.0 Å². The largest absolute Gasteiger partial charge is 0.497 e. The van der Waals surface area contributed by atoms with Gasteiger partial charge in [-0.25, -0.2) is 0 Å². The summed E-state index contributed by atoms with van der Waals surface area (Å²) in [6, 6.07) is 7.44.